The number of nitrogens with two attached hydrogens (primary N) is 1. The van der Waals surface area contributed by atoms with Gasteiger partial charge in [-0.2, -0.15) is 0 Å². The Morgan fingerprint density at radius 3 is 2.63 bits per heavy atom. The Bertz CT molecular complexity index is 592. The predicted octanol–water partition coefficient (Wildman–Crippen LogP) is 1.70. The monoisotopic (exact) mass is 350 g/mol. The Hall–Kier alpha value is -0.860. The van der Waals surface area contributed by atoms with Crippen LogP contribution in [0.3, 0.4) is 0 Å². The molecular weight excluding hydrogens is 336 g/mol. The average molecular weight is 351 g/mol. The summed E-state index contributed by atoms with van der Waals surface area (Å²) >= 11 is 2.97. The van der Waals surface area contributed by atoms with Crippen LogP contribution >= 0.6 is 15.9 Å². The van der Waals surface area contributed by atoms with E-state index >= 15 is 0 Å². The second-order valence-corrected chi connectivity index (χ2v) is 6.77. The standard InChI is InChI=1S/C11H15BrN2O4S/c1-2-5-14(7-3-4-7)11(15)8-6-9(10(12)18-8)19(13,16)17/h6-7H,2-5H2,1H3,(H2,13,16,17). The maximum Gasteiger partial charge on any atom is 0.289 e. The number of rotatable bonds is 5. The van der Waals surface area contributed by atoms with E-state index in [-0.39, 0.29) is 27.3 Å². The zero-order valence-electron chi connectivity index (χ0n) is 10.4. The molecule has 106 valence electrons. The van der Waals surface area contributed by atoms with Crippen molar-refractivity contribution in [3.05, 3.63) is 16.5 Å². The van der Waals surface area contributed by atoms with Gasteiger partial charge in [0.05, 0.1) is 0 Å². The van der Waals surface area contributed by atoms with Gasteiger partial charge in [-0.3, -0.25) is 4.79 Å². The molecule has 0 aliphatic heterocycles. The van der Waals surface area contributed by atoms with Crippen molar-refractivity contribution in [1.82, 2.24) is 4.90 Å². The van der Waals surface area contributed by atoms with Gasteiger partial charge in [-0.1, -0.05) is 6.92 Å². The van der Waals surface area contributed by atoms with Gasteiger partial charge in [0.2, 0.25) is 10.0 Å². The van der Waals surface area contributed by atoms with Crippen LogP contribution in [0.15, 0.2) is 20.0 Å². The average Bonchev–Trinajstić information content (AvgIpc) is 3.06. The minimum Gasteiger partial charge on any atom is -0.443 e. The minimum absolute atomic E-state index is 0.00347. The molecule has 1 saturated carbocycles. The molecule has 1 aliphatic carbocycles. The first kappa shape index (κ1) is 14.5. The number of nitrogens with zero attached hydrogens (tertiary/aromatic N) is 1. The van der Waals surface area contributed by atoms with Gasteiger partial charge in [0.25, 0.3) is 5.91 Å². The van der Waals surface area contributed by atoms with Crippen molar-refractivity contribution in [2.45, 2.75) is 37.1 Å². The largest absolute Gasteiger partial charge is 0.443 e. The summed E-state index contributed by atoms with van der Waals surface area (Å²) in [5, 5.41) is 5.04. The second kappa shape index (κ2) is 5.26. The molecule has 0 atom stereocenters. The van der Waals surface area contributed by atoms with Crippen LogP contribution in [-0.2, 0) is 10.0 Å². The lowest BCUT2D eigenvalue weighted by atomic mass is 10.3. The van der Waals surface area contributed by atoms with E-state index in [4.69, 9.17) is 9.56 Å². The zero-order valence-corrected chi connectivity index (χ0v) is 12.8. The molecule has 2 rings (SSSR count). The van der Waals surface area contributed by atoms with Crippen molar-refractivity contribution in [2.75, 3.05) is 6.54 Å². The van der Waals surface area contributed by atoms with Gasteiger partial charge in [-0.15, -0.1) is 0 Å². The third-order valence-corrected chi connectivity index (χ3v) is 4.65. The molecule has 0 radical (unpaired) electrons. The van der Waals surface area contributed by atoms with Crippen molar-refractivity contribution in [1.29, 1.82) is 0 Å². The zero-order chi connectivity index (χ0) is 14.2. The highest BCUT2D eigenvalue weighted by molar-refractivity contribution is 9.10. The van der Waals surface area contributed by atoms with Crippen LogP contribution in [0.4, 0.5) is 0 Å². The van der Waals surface area contributed by atoms with Gasteiger partial charge in [-0.25, -0.2) is 13.6 Å². The summed E-state index contributed by atoms with van der Waals surface area (Å²) in [6, 6.07) is 1.42. The Balaban J connectivity index is 2.28. The van der Waals surface area contributed by atoms with Gasteiger partial charge < -0.3 is 9.32 Å². The fourth-order valence-electron chi connectivity index (χ4n) is 1.87. The third-order valence-electron chi connectivity index (χ3n) is 2.89. The molecule has 1 aromatic rings. The number of carbonyl (C=O) groups excluding carboxylic acids is 1. The molecule has 19 heavy (non-hydrogen) atoms. The molecule has 1 amide bonds. The topological polar surface area (TPSA) is 93.6 Å². The van der Waals surface area contributed by atoms with Gasteiger partial charge in [0, 0.05) is 18.7 Å². The lowest BCUT2D eigenvalue weighted by molar-refractivity contribution is 0.0709. The van der Waals surface area contributed by atoms with E-state index < -0.39 is 10.0 Å². The summed E-state index contributed by atoms with van der Waals surface area (Å²) in [5.74, 6) is -0.295. The van der Waals surface area contributed by atoms with E-state index in [1.54, 1.807) is 4.90 Å². The molecule has 0 spiro atoms. The summed E-state index contributed by atoms with van der Waals surface area (Å²) in [7, 11) is -3.90. The summed E-state index contributed by atoms with van der Waals surface area (Å²) in [4.78, 5) is 13.8. The van der Waals surface area contributed by atoms with Gasteiger partial charge in [0.15, 0.2) is 10.4 Å². The van der Waals surface area contributed by atoms with E-state index in [1.165, 1.54) is 6.07 Å². The number of hydrogen-bond acceptors (Lipinski definition) is 4. The molecule has 1 fully saturated rings. The third kappa shape index (κ3) is 3.18. The highest BCUT2D eigenvalue weighted by Gasteiger charge is 2.34. The van der Waals surface area contributed by atoms with Crippen molar-refractivity contribution >= 4 is 31.9 Å². The van der Waals surface area contributed by atoms with Gasteiger partial charge in [-0.05, 0) is 35.2 Å². The molecule has 1 aromatic heterocycles. The fourth-order valence-corrected chi connectivity index (χ4v) is 3.37. The second-order valence-electron chi connectivity index (χ2n) is 4.52. The number of amides is 1. The van der Waals surface area contributed by atoms with Crippen molar-refractivity contribution < 1.29 is 17.6 Å². The molecule has 1 heterocycles. The summed E-state index contributed by atoms with van der Waals surface area (Å²) in [5.41, 5.74) is 0. The molecule has 6 nitrogen and oxygen atoms in total. The van der Waals surface area contributed by atoms with Crippen molar-refractivity contribution in [3.63, 3.8) is 0 Å². The van der Waals surface area contributed by atoms with Crippen LogP contribution in [0.1, 0.15) is 36.7 Å². The van der Waals surface area contributed by atoms with Crippen LogP contribution in [0.25, 0.3) is 0 Å². The molecule has 8 heteroatoms. The summed E-state index contributed by atoms with van der Waals surface area (Å²) < 4.78 is 27.7. The SMILES string of the molecule is CCCN(C(=O)c1cc(S(N)(=O)=O)c(Br)o1)C1CC1. The Kier molecular flexibility index (Phi) is 4.03. The van der Waals surface area contributed by atoms with E-state index in [0.717, 1.165) is 19.3 Å². The molecule has 0 bridgehead atoms. The number of furan rings is 1. The number of primary sulfonamides is 1. The lowest BCUT2D eigenvalue weighted by Crippen LogP contribution is -2.33. The minimum atomic E-state index is -3.90. The first-order valence-electron chi connectivity index (χ1n) is 5.97. The highest BCUT2D eigenvalue weighted by Crippen LogP contribution is 2.31. The van der Waals surface area contributed by atoms with Crippen LogP contribution in [0.2, 0.25) is 0 Å². The van der Waals surface area contributed by atoms with Crippen molar-refractivity contribution in [3.8, 4) is 0 Å². The number of carbonyl (C=O) groups is 1. The Morgan fingerprint density at radius 1 is 1.58 bits per heavy atom. The lowest BCUT2D eigenvalue weighted by Gasteiger charge is -2.20. The normalized spacial score (nSPS) is 15.5. The molecule has 2 N–H and O–H groups in total. The van der Waals surface area contributed by atoms with Crippen LogP contribution in [0.5, 0.6) is 0 Å². The van der Waals surface area contributed by atoms with Gasteiger partial charge >= 0.3 is 0 Å². The Labute approximate surface area is 120 Å². The van der Waals surface area contributed by atoms with E-state index in [9.17, 15) is 13.2 Å². The molecular formula is C11H15BrN2O4S. The first-order chi connectivity index (χ1) is 8.84. The van der Waals surface area contributed by atoms with E-state index in [2.05, 4.69) is 15.9 Å². The number of halogens is 1. The summed E-state index contributed by atoms with van der Waals surface area (Å²) in [6.45, 7) is 2.61. The predicted molar refractivity (Wildman–Crippen MR) is 72.1 cm³/mol. The van der Waals surface area contributed by atoms with Crippen molar-refractivity contribution in [2.24, 2.45) is 5.14 Å². The van der Waals surface area contributed by atoms with E-state index in [1.807, 2.05) is 6.92 Å². The fraction of sp³-hybridized carbons (Fsp3) is 0.545. The highest BCUT2D eigenvalue weighted by atomic mass is 79.9. The number of sulfonamides is 1. The molecule has 0 saturated heterocycles. The smallest absolute Gasteiger partial charge is 0.289 e. The molecule has 0 aromatic carbocycles. The molecule has 1 aliphatic rings. The molecule has 0 unspecified atom stereocenters. The maximum atomic E-state index is 12.3. The van der Waals surface area contributed by atoms with Crippen LogP contribution in [0, 0.1) is 0 Å². The van der Waals surface area contributed by atoms with Crippen LogP contribution in [-0.4, -0.2) is 31.8 Å². The quantitative estimate of drug-likeness (QED) is 0.874. The van der Waals surface area contributed by atoms with E-state index in [0.29, 0.717) is 6.54 Å². The summed E-state index contributed by atoms with van der Waals surface area (Å²) in [6.07, 6.45) is 2.80. The first-order valence-corrected chi connectivity index (χ1v) is 8.31. The van der Waals surface area contributed by atoms with Gasteiger partial charge in [0.1, 0.15) is 4.90 Å². The maximum absolute atomic E-state index is 12.3. The Morgan fingerprint density at radius 2 is 2.21 bits per heavy atom. The van der Waals surface area contributed by atoms with Crippen LogP contribution < -0.4 is 5.14 Å². The number of hydrogen-bond donors (Lipinski definition) is 1.